The molecule has 0 amide bonds. The Morgan fingerprint density at radius 1 is 1.57 bits per heavy atom. The van der Waals surface area contributed by atoms with Gasteiger partial charge in [-0.1, -0.05) is 8.58 Å². The molecule has 0 radical (unpaired) electrons. The molecule has 0 saturated carbocycles. The van der Waals surface area contributed by atoms with Gasteiger partial charge in [-0.3, -0.25) is 0 Å². The molecule has 0 aromatic rings. The largest absolute Gasteiger partial charge is 0.516 e. The number of aliphatic hydroxyl groups excluding tert-OH is 2. The average Bonchev–Trinajstić information content (AvgIpc) is 1.69. The molecule has 2 nitrogen and oxygen atoms in total. The standard InChI is InChI=1S/C4H9O2P/c5-2-1-3-7-4-6/h1-2,5-7H,3-4H2. The molecule has 1 atom stereocenters. The van der Waals surface area contributed by atoms with Crippen LogP contribution in [0, 0.1) is 0 Å². The van der Waals surface area contributed by atoms with E-state index in [1.54, 1.807) is 6.08 Å². The van der Waals surface area contributed by atoms with Crippen LogP contribution in [0.1, 0.15) is 0 Å². The van der Waals surface area contributed by atoms with Gasteiger partial charge in [0.25, 0.3) is 0 Å². The molecule has 0 aromatic heterocycles. The summed E-state index contributed by atoms with van der Waals surface area (Å²) in [6, 6.07) is 0. The summed E-state index contributed by atoms with van der Waals surface area (Å²) in [4.78, 5) is 0. The smallest absolute Gasteiger partial charge is 0.0755 e. The van der Waals surface area contributed by atoms with E-state index in [0.717, 1.165) is 12.4 Å². The molecule has 0 spiro atoms. The van der Waals surface area contributed by atoms with Gasteiger partial charge in [-0.15, -0.1) is 0 Å². The average molecular weight is 120 g/mol. The predicted octanol–water partition coefficient (Wildman–Crippen LogP) is 0.686. The molecule has 0 rings (SSSR count). The summed E-state index contributed by atoms with van der Waals surface area (Å²) < 4.78 is 0. The summed E-state index contributed by atoms with van der Waals surface area (Å²) in [5, 5.41) is 16.2. The first-order valence-electron chi connectivity index (χ1n) is 2.02. The predicted molar refractivity (Wildman–Crippen MR) is 32.0 cm³/mol. The maximum atomic E-state index is 8.19. The third-order valence-corrected chi connectivity index (χ3v) is 1.23. The van der Waals surface area contributed by atoms with Crippen molar-refractivity contribution in [3.63, 3.8) is 0 Å². The highest BCUT2D eigenvalue weighted by molar-refractivity contribution is 7.37. The van der Waals surface area contributed by atoms with E-state index in [9.17, 15) is 0 Å². The van der Waals surface area contributed by atoms with Crippen molar-refractivity contribution in [1.82, 2.24) is 0 Å². The van der Waals surface area contributed by atoms with E-state index in [1.807, 2.05) is 0 Å². The van der Waals surface area contributed by atoms with E-state index >= 15 is 0 Å². The van der Waals surface area contributed by atoms with Crippen molar-refractivity contribution >= 4 is 8.58 Å². The first-order valence-corrected chi connectivity index (χ1v) is 3.44. The molecule has 7 heavy (non-hydrogen) atoms. The first-order chi connectivity index (χ1) is 3.41. The molecule has 1 unspecified atom stereocenters. The van der Waals surface area contributed by atoms with Gasteiger partial charge in [0.1, 0.15) is 0 Å². The van der Waals surface area contributed by atoms with E-state index in [2.05, 4.69) is 0 Å². The van der Waals surface area contributed by atoms with Crippen molar-refractivity contribution in [2.45, 2.75) is 0 Å². The lowest BCUT2D eigenvalue weighted by molar-refractivity contribution is 0.372. The highest BCUT2D eigenvalue weighted by Crippen LogP contribution is 2.04. The van der Waals surface area contributed by atoms with Crippen molar-refractivity contribution in [1.29, 1.82) is 0 Å². The zero-order valence-corrected chi connectivity index (χ0v) is 4.96. The van der Waals surface area contributed by atoms with Crippen LogP contribution in [0.4, 0.5) is 0 Å². The Morgan fingerprint density at radius 2 is 2.29 bits per heavy atom. The van der Waals surface area contributed by atoms with Gasteiger partial charge < -0.3 is 10.2 Å². The SMILES string of the molecule is OC=CCPCO. The van der Waals surface area contributed by atoms with Crippen LogP contribution < -0.4 is 0 Å². The molecule has 42 valence electrons. The van der Waals surface area contributed by atoms with Crippen LogP contribution in [0.25, 0.3) is 0 Å². The summed E-state index contributed by atoms with van der Waals surface area (Å²) in [5.41, 5.74) is 0. The zero-order chi connectivity index (χ0) is 5.54. The van der Waals surface area contributed by atoms with Gasteiger partial charge >= 0.3 is 0 Å². The zero-order valence-electron chi connectivity index (χ0n) is 3.96. The van der Waals surface area contributed by atoms with Crippen LogP contribution in [0.3, 0.4) is 0 Å². The van der Waals surface area contributed by atoms with Crippen molar-refractivity contribution in [2.75, 3.05) is 12.5 Å². The van der Waals surface area contributed by atoms with Crippen LogP contribution in [-0.2, 0) is 0 Å². The van der Waals surface area contributed by atoms with Crippen molar-refractivity contribution in [3.8, 4) is 0 Å². The Kier molecular flexibility index (Phi) is 5.87. The number of hydrogen-bond donors (Lipinski definition) is 2. The number of rotatable bonds is 3. The molecule has 2 N–H and O–H groups in total. The van der Waals surface area contributed by atoms with Gasteiger partial charge in [-0.05, 0) is 12.2 Å². The second-order valence-electron chi connectivity index (χ2n) is 0.997. The number of allylic oxidation sites excluding steroid dienone is 1. The Morgan fingerprint density at radius 3 is 2.71 bits per heavy atom. The van der Waals surface area contributed by atoms with Gasteiger partial charge in [0, 0.05) is 0 Å². The molecule has 3 heteroatoms. The maximum Gasteiger partial charge on any atom is 0.0755 e. The maximum absolute atomic E-state index is 8.19. The van der Waals surface area contributed by atoms with Crippen molar-refractivity contribution < 1.29 is 10.2 Å². The number of aliphatic hydroxyl groups is 2. The van der Waals surface area contributed by atoms with Crippen LogP contribution in [-0.4, -0.2) is 22.7 Å². The lowest BCUT2D eigenvalue weighted by Gasteiger charge is -1.84. The Labute approximate surface area is 44.6 Å². The quantitative estimate of drug-likeness (QED) is 0.326. The van der Waals surface area contributed by atoms with Gasteiger partial charge in [-0.2, -0.15) is 0 Å². The second kappa shape index (κ2) is 5.93. The van der Waals surface area contributed by atoms with E-state index in [4.69, 9.17) is 10.2 Å². The molecule has 0 aromatic carbocycles. The van der Waals surface area contributed by atoms with Gasteiger partial charge in [-0.25, -0.2) is 0 Å². The monoisotopic (exact) mass is 120 g/mol. The van der Waals surface area contributed by atoms with E-state index in [1.165, 1.54) is 0 Å². The highest BCUT2D eigenvalue weighted by Gasteiger charge is 1.73. The summed E-state index contributed by atoms with van der Waals surface area (Å²) in [7, 11) is 0.530. The third kappa shape index (κ3) is 5.93. The first kappa shape index (κ1) is 6.93. The normalized spacial score (nSPS) is 12.1. The molecule has 0 aliphatic heterocycles. The topological polar surface area (TPSA) is 40.5 Å². The van der Waals surface area contributed by atoms with Crippen LogP contribution in [0.2, 0.25) is 0 Å². The van der Waals surface area contributed by atoms with Gasteiger partial charge in [0.2, 0.25) is 0 Å². The summed E-state index contributed by atoms with van der Waals surface area (Å²) in [6.07, 6.45) is 3.63. The lowest BCUT2D eigenvalue weighted by atomic mass is 10.7. The van der Waals surface area contributed by atoms with E-state index in [0.29, 0.717) is 8.58 Å². The summed E-state index contributed by atoms with van der Waals surface area (Å²) >= 11 is 0. The number of hydrogen-bond acceptors (Lipinski definition) is 2. The van der Waals surface area contributed by atoms with Gasteiger partial charge in [0.05, 0.1) is 12.6 Å². The minimum absolute atomic E-state index is 0.227. The Balaban J connectivity index is 2.69. The van der Waals surface area contributed by atoms with E-state index in [-0.39, 0.29) is 6.35 Å². The summed E-state index contributed by atoms with van der Waals surface area (Å²) in [5.74, 6) is 0. The van der Waals surface area contributed by atoms with Crippen molar-refractivity contribution in [3.05, 3.63) is 12.3 Å². The van der Waals surface area contributed by atoms with Crippen LogP contribution in [0.5, 0.6) is 0 Å². The molecule has 0 saturated heterocycles. The Hall–Kier alpha value is -0.0700. The molecule has 0 aliphatic carbocycles. The Bertz CT molecular complexity index is 53.7. The van der Waals surface area contributed by atoms with Crippen LogP contribution in [0.15, 0.2) is 12.3 Å². The van der Waals surface area contributed by atoms with E-state index < -0.39 is 0 Å². The lowest BCUT2D eigenvalue weighted by Crippen LogP contribution is -1.69. The molecule has 0 bridgehead atoms. The summed E-state index contributed by atoms with van der Waals surface area (Å²) in [6.45, 7) is 0. The molecular weight excluding hydrogens is 111 g/mol. The fourth-order valence-electron chi connectivity index (χ4n) is 0.201. The molecule has 0 fully saturated rings. The second-order valence-corrected chi connectivity index (χ2v) is 2.22. The van der Waals surface area contributed by atoms with Crippen molar-refractivity contribution in [2.24, 2.45) is 0 Å². The fraction of sp³-hybridized carbons (Fsp3) is 0.500. The molecule has 0 heterocycles. The van der Waals surface area contributed by atoms with Gasteiger partial charge in [0.15, 0.2) is 0 Å². The minimum atomic E-state index is 0.227. The fourth-order valence-corrected chi connectivity index (χ4v) is 0.602. The highest BCUT2D eigenvalue weighted by atomic mass is 31.1. The van der Waals surface area contributed by atoms with Crippen LogP contribution >= 0.6 is 8.58 Å². The molecular formula is C4H9O2P. The molecule has 0 aliphatic rings. The minimum Gasteiger partial charge on any atom is -0.516 e. The third-order valence-electron chi connectivity index (χ3n) is 0.479.